The molecule has 6 aliphatic carbocycles. The van der Waals surface area contributed by atoms with Crippen molar-refractivity contribution in [2.75, 3.05) is 0 Å². The maximum Gasteiger partial charge on any atom is 0.359 e. The minimum atomic E-state index is -0.353. The quantitative estimate of drug-likeness (QED) is 0.412. The van der Waals surface area contributed by atoms with Gasteiger partial charge in [-0.05, 0) is 86.5 Å². The fraction of sp³-hybridized carbons (Fsp3) is 0.586. The van der Waals surface area contributed by atoms with E-state index < -0.39 is 0 Å². The average Bonchev–Trinajstić information content (AvgIpc) is 3.57. The molecule has 1 aromatic carbocycles. The number of nitrogens with zero attached hydrogens (tertiary/aromatic N) is 1. The Balaban J connectivity index is 1.12. The summed E-state index contributed by atoms with van der Waals surface area (Å²) in [6, 6.07) is 9.84. The third-order valence-corrected chi connectivity index (χ3v) is 9.34. The summed E-state index contributed by atoms with van der Waals surface area (Å²) in [5.74, 6) is 4.63. The topological polar surface area (TPSA) is 64.2 Å². The van der Waals surface area contributed by atoms with E-state index in [1.165, 1.54) is 44.9 Å². The second-order valence-corrected chi connectivity index (χ2v) is 11.8. The third kappa shape index (κ3) is 3.73. The van der Waals surface area contributed by atoms with Gasteiger partial charge in [0.25, 0.3) is 0 Å². The average molecular weight is 459 g/mol. The number of rotatable bonds is 7. The number of nitrogens with one attached hydrogen (secondary N) is 1. The van der Waals surface area contributed by atoms with E-state index in [9.17, 15) is 4.79 Å². The van der Waals surface area contributed by atoms with Crippen LogP contribution in [0.3, 0.4) is 0 Å². The molecule has 1 N–H and O–H groups in total. The Morgan fingerprint density at radius 1 is 0.941 bits per heavy atom. The fourth-order valence-corrected chi connectivity index (χ4v) is 8.20. The molecule has 3 atom stereocenters. The van der Waals surface area contributed by atoms with E-state index in [2.05, 4.69) is 17.1 Å². The summed E-state index contributed by atoms with van der Waals surface area (Å²) in [5, 5.41) is 0. The second kappa shape index (κ2) is 8.08. The lowest BCUT2D eigenvalue weighted by molar-refractivity contribution is -0.169. The fourth-order valence-electron chi connectivity index (χ4n) is 8.20. The Labute approximate surface area is 201 Å². The van der Waals surface area contributed by atoms with Crippen molar-refractivity contribution in [3.8, 4) is 0 Å². The Bertz CT molecular complexity index is 1070. The highest BCUT2D eigenvalue weighted by atomic mass is 16.5. The first-order valence-electron chi connectivity index (χ1n) is 13.2. The summed E-state index contributed by atoms with van der Waals surface area (Å²) >= 11 is 0. The van der Waals surface area contributed by atoms with E-state index in [-0.39, 0.29) is 18.2 Å². The first kappa shape index (κ1) is 20.9. The Morgan fingerprint density at radius 2 is 1.68 bits per heavy atom. The molecule has 1 aromatic heterocycles. The number of carbonyl (C=O) groups is 1. The molecule has 178 valence electrons. The van der Waals surface area contributed by atoms with Crippen LogP contribution in [-0.4, -0.2) is 21.5 Å². The summed E-state index contributed by atoms with van der Waals surface area (Å²) in [4.78, 5) is 21.6. The van der Waals surface area contributed by atoms with Crippen LogP contribution in [0.5, 0.6) is 0 Å². The number of carbonyl (C=O) groups excluding carboxylic acids is 1. The van der Waals surface area contributed by atoms with Gasteiger partial charge >= 0.3 is 5.97 Å². The molecule has 0 amide bonds. The molecule has 2 aromatic rings. The maximum atomic E-state index is 13.2. The molecule has 5 nitrogen and oxygen atoms in total. The van der Waals surface area contributed by atoms with Gasteiger partial charge in [-0.25, -0.2) is 9.78 Å². The van der Waals surface area contributed by atoms with Crippen molar-refractivity contribution in [1.29, 1.82) is 0 Å². The Hall–Kier alpha value is -2.40. The first-order valence-corrected chi connectivity index (χ1v) is 13.2. The molecule has 6 aliphatic rings. The minimum absolute atomic E-state index is 0.000398. The number of imidazole rings is 1. The van der Waals surface area contributed by atoms with Gasteiger partial charge in [-0.3, -0.25) is 0 Å². The zero-order valence-electron chi connectivity index (χ0n) is 19.7. The molecule has 5 saturated carbocycles. The third-order valence-electron chi connectivity index (χ3n) is 9.34. The largest absolute Gasteiger partial charge is 0.456 e. The number of fused-ring (bicyclic) bond motifs is 2. The van der Waals surface area contributed by atoms with Crippen molar-refractivity contribution < 1.29 is 14.3 Å². The molecule has 5 heteroatoms. The van der Waals surface area contributed by atoms with Crippen LogP contribution in [0.15, 0.2) is 42.5 Å². The van der Waals surface area contributed by atoms with Gasteiger partial charge in [0.1, 0.15) is 12.4 Å². The predicted molar refractivity (Wildman–Crippen MR) is 128 cm³/mol. The van der Waals surface area contributed by atoms with Crippen LogP contribution in [0.1, 0.15) is 84.9 Å². The normalized spacial score (nSPS) is 36.9. The van der Waals surface area contributed by atoms with Crippen molar-refractivity contribution in [3.05, 3.63) is 65.3 Å². The molecule has 5 fully saturated rings. The molecule has 0 saturated heterocycles. The van der Waals surface area contributed by atoms with Gasteiger partial charge in [0.05, 0.1) is 17.9 Å². The van der Waals surface area contributed by atoms with Gasteiger partial charge in [0.15, 0.2) is 5.69 Å². The first-order chi connectivity index (χ1) is 16.6. The van der Waals surface area contributed by atoms with E-state index in [4.69, 9.17) is 14.5 Å². The lowest BCUT2D eigenvalue weighted by Gasteiger charge is -2.56. The van der Waals surface area contributed by atoms with Crippen molar-refractivity contribution in [2.45, 2.75) is 76.1 Å². The number of aromatic nitrogens is 2. The summed E-state index contributed by atoms with van der Waals surface area (Å²) in [6.45, 7) is 0.680. The van der Waals surface area contributed by atoms with Crippen molar-refractivity contribution in [3.63, 3.8) is 0 Å². The van der Waals surface area contributed by atoms with Crippen molar-refractivity contribution >= 4 is 5.97 Å². The summed E-state index contributed by atoms with van der Waals surface area (Å²) in [6.07, 6.45) is 14.7. The Morgan fingerprint density at radius 3 is 2.32 bits per heavy atom. The van der Waals surface area contributed by atoms with E-state index in [1.54, 1.807) is 0 Å². The van der Waals surface area contributed by atoms with Gasteiger partial charge in [-0.2, -0.15) is 0 Å². The zero-order chi connectivity index (χ0) is 22.7. The zero-order valence-corrected chi connectivity index (χ0v) is 19.7. The van der Waals surface area contributed by atoms with Crippen molar-refractivity contribution in [2.24, 2.45) is 29.6 Å². The number of ether oxygens (including phenoxy) is 2. The molecule has 8 rings (SSSR count). The van der Waals surface area contributed by atoms with Gasteiger partial charge in [0.2, 0.25) is 0 Å². The van der Waals surface area contributed by atoms with E-state index >= 15 is 0 Å². The molecular formula is C29H34N2O3. The van der Waals surface area contributed by atoms with Crippen LogP contribution in [0.4, 0.5) is 0 Å². The number of hydrogen-bond donors (Lipinski definition) is 1. The second-order valence-electron chi connectivity index (χ2n) is 11.8. The van der Waals surface area contributed by atoms with Gasteiger partial charge in [0, 0.05) is 5.92 Å². The maximum absolute atomic E-state index is 13.2. The molecule has 0 radical (unpaired) electrons. The summed E-state index contributed by atoms with van der Waals surface area (Å²) < 4.78 is 12.4. The van der Waals surface area contributed by atoms with E-state index in [0.29, 0.717) is 30.1 Å². The molecule has 0 spiro atoms. The van der Waals surface area contributed by atoms with Crippen LogP contribution < -0.4 is 0 Å². The molecule has 34 heavy (non-hydrogen) atoms. The molecule has 1 unspecified atom stereocenters. The molecule has 6 bridgehead atoms. The highest BCUT2D eigenvalue weighted by Gasteiger charge is 2.52. The molecule has 1 heterocycles. The van der Waals surface area contributed by atoms with Gasteiger partial charge < -0.3 is 14.5 Å². The van der Waals surface area contributed by atoms with Crippen LogP contribution >= 0.6 is 0 Å². The van der Waals surface area contributed by atoms with E-state index in [1.807, 2.05) is 30.3 Å². The van der Waals surface area contributed by atoms with Gasteiger partial charge in [-0.1, -0.05) is 42.5 Å². The molecular weight excluding hydrogens is 424 g/mol. The number of esters is 1. The number of allylic oxidation sites excluding steroid dienone is 2. The van der Waals surface area contributed by atoms with Crippen LogP contribution in [0.25, 0.3) is 0 Å². The number of H-pyrrole nitrogens is 1. The number of aromatic amines is 1. The number of hydrogen-bond acceptors (Lipinski definition) is 4. The SMILES string of the molecule is O=C(OCc1ccccc1)c1nc([C@@H]2CC3C=C[C@H]2C3)[nH]c1COC12CC3CC(CC(C3)C1)C2. The highest BCUT2D eigenvalue weighted by Crippen LogP contribution is 2.57. The summed E-state index contributed by atoms with van der Waals surface area (Å²) in [5.41, 5.74) is 2.20. The smallest absolute Gasteiger partial charge is 0.359 e. The highest BCUT2D eigenvalue weighted by molar-refractivity contribution is 5.88. The van der Waals surface area contributed by atoms with Crippen LogP contribution in [-0.2, 0) is 22.7 Å². The lowest BCUT2D eigenvalue weighted by atomic mass is 9.54. The van der Waals surface area contributed by atoms with Crippen molar-refractivity contribution in [1.82, 2.24) is 9.97 Å². The van der Waals surface area contributed by atoms with Crippen LogP contribution in [0.2, 0.25) is 0 Å². The van der Waals surface area contributed by atoms with Gasteiger partial charge in [-0.15, -0.1) is 0 Å². The predicted octanol–water partition coefficient (Wildman–Crippen LogP) is 5.93. The number of benzene rings is 1. The minimum Gasteiger partial charge on any atom is -0.456 e. The lowest BCUT2D eigenvalue weighted by Crippen LogP contribution is -2.51. The summed E-state index contributed by atoms with van der Waals surface area (Å²) in [7, 11) is 0. The molecule has 0 aliphatic heterocycles. The van der Waals surface area contributed by atoms with Crippen LogP contribution in [0, 0.1) is 29.6 Å². The monoisotopic (exact) mass is 458 g/mol. The standard InChI is InChI=1S/C29H34N2O3/c32-28(33-16-18-4-2-1-3-5-18)26-25(30-27(31-26)24-12-19-6-7-23(24)11-19)17-34-29-13-20-8-21(14-29)10-22(9-20)15-29/h1-7,19-24H,8-17H2,(H,30,31)/t19?,20?,21?,22?,23-,24+,29?/m0/s1. The van der Waals surface area contributed by atoms with E-state index in [0.717, 1.165) is 41.3 Å². The Kier molecular flexibility index (Phi) is 4.97.